The van der Waals surface area contributed by atoms with E-state index in [4.69, 9.17) is 0 Å². The van der Waals surface area contributed by atoms with Crippen LogP contribution in [0.1, 0.15) is 10.5 Å². The van der Waals surface area contributed by atoms with Crippen LogP contribution in [0.2, 0.25) is 0 Å². The molecule has 0 aliphatic heterocycles. The van der Waals surface area contributed by atoms with Gasteiger partial charge in [-0.25, -0.2) is 9.67 Å². The molecule has 0 saturated carbocycles. The van der Waals surface area contributed by atoms with Crippen LogP contribution in [0, 0.1) is 0 Å². The SMILES string of the molecule is O=C(Nc1ccn[nH]1)c1cc2nccc(=O)n2n1-c1ccccc1. The Bertz CT molecular complexity index is 1060. The van der Waals surface area contributed by atoms with E-state index in [2.05, 4.69) is 20.5 Å². The fourth-order valence-electron chi connectivity index (χ4n) is 2.50. The Morgan fingerprint density at radius 1 is 1.08 bits per heavy atom. The minimum absolute atomic E-state index is 0.274. The lowest BCUT2D eigenvalue weighted by Crippen LogP contribution is -2.23. The van der Waals surface area contributed by atoms with Crippen LogP contribution in [0.4, 0.5) is 5.82 Å². The van der Waals surface area contributed by atoms with Gasteiger partial charge in [0.15, 0.2) is 5.65 Å². The Morgan fingerprint density at radius 3 is 2.67 bits per heavy atom. The van der Waals surface area contributed by atoms with Crippen LogP contribution in [-0.4, -0.2) is 30.3 Å². The van der Waals surface area contributed by atoms with Crippen LogP contribution >= 0.6 is 0 Å². The highest BCUT2D eigenvalue weighted by atomic mass is 16.2. The zero-order valence-corrected chi connectivity index (χ0v) is 12.4. The number of anilines is 1. The van der Waals surface area contributed by atoms with Crippen molar-refractivity contribution in [2.24, 2.45) is 0 Å². The van der Waals surface area contributed by atoms with Gasteiger partial charge in [-0.3, -0.25) is 14.7 Å². The second kappa shape index (κ2) is 5.51. The lowest BCUT2D eigenvalue weighted by molar-refractivity contribution is 0.101. The number of para-hydroxylation sites is 1. The third kappa shape index (κ3) is 2.26. The standard InChI is InChI=1S/C16H12N6O2/c23-15-7-8-17-14-10-12(16(24)19-13-6-9-18-20-13)21(22(14)15)11-4-2-1-3-5-11/h1-10H,(H2,18,19,20,24). The third-order valence-corrected chi connectivity index (χ3v) is 3.53. The van der Waals surface area contributed by atoms with Gasteiger partial charge in [0, 0.05) is 24.4 Å². The number of carbonyl (C=O) groups is 1. The number of carbonyl (C=O) groups excluding carboxylic acids is 1. The van der Waals surface area contributed by atoms with Crippen LogP contribution in [0.3, 0.4) is 0 Å². The average molecular weight is 320 g/mol. The molecule has 118 valence electrons. The van der Waals surface area contributed by atoms with Crippen molar-refractivity contribution >= 4 is 17.4 Å². The van der Waals surface area contributed by atoms with Crippen LogP contribution in [0.25, 0.3) is 11.3 Å². The topological polar surface area (TPSA) is 97.1 Å². The number of benzene rings is 1. The molecule has 0 saturated heterocycles. The van der Waals surface area contributed by atoms with Gasteiger partial charge >= 0.3 is 0 Å². The normalized spacial score (nSPS) is 10.8. The maximum Gasteiger partial charge on any atom is 0.275 e. The van der Waals surface area contributed by atoms with E-state index in [0.29, 0.717) is 17.2 Å². The maximum atomic E-state index is 12.7. The van der Waals surface area contributed by atoms with Crippen LogP contribution in [0.15, 0.2) is 65.7 Å². The summed E-state index contributed by atoms with van der Waals surface area (Å²) in [5.74, 6) is 0.0816. The van der Waals surface area contributed by atoms with E-state index >= 15 is 0 Å². The van der Waals surface area contributed by atoms with E-state index in [1.807, 2.05) is 30.3 Å². The van der Waals surface area contributed by atoms with E-state index in [9.17, 15) is 9.59 Å². The molecule has 3 heterocycles. The van der Waals surface area contributed by atoms with E-state index in [-0.39, 0.29) is 17.2 Å². The zero-order valence-electron chi connectivity index (χ0n) is 12.4. The Kier molecular flexibility index (Phi) is 3.20. The maximum absolute atomic E-state index is 12.7. The van der Waals surface area contributed by atoms with Gasteiger partial charge in [0.1, 0.15) is 11.5 Å². The summed E-state index contributed by atoms with van der Waals surface area (Å²) in [5, 5.41) is 9.17. The minimum Gasteiger partial charge on any atom is -0.306 e. The number of hydrogen-bond acceptors (Lipinski definition) is 4. The summed E-state index contributed by atoms with van der Waals surface area (Å²) in [6.07, 6.45) is 2.96. The summed E-state index contributed by atoms with van der Waals surface area (Å²) >= 11 is 0. The quantitative estimate of drug-likeness (QED) is 0.597. The molecule has 1 amide bonds. The van der Waals surface area contributed by atoms with Crippen molar-refractivity contribution in [3.8, 4) is 5.69 Å². The fraction of sp³-hybridized carbons (Fsp3) is 0. The third-order valence-electron chi connectivity index (χ3n) is 3.53. The van der Waals surface area contributed by atoms with Crippen LogP contribution < -0.4 is 10.9 Å². The first kappa shape index (κ1) is 13.9. The second-order valence-electron chi connectivity index (χ2n) is 5.05. The lowest BCUT2D eigenvalue weighted by Gasteiger charge is -2.10. The summed E-state index contributed by atoms with van der Waals surface area (Å²) in [4.78, 5) is 29.1. The molecule has 0 fully saturated rings. The van der Waals surface area contributed by atoms with Gasteiger partial charge in [0.2, 0.25) is 0 Å². The Hall–Kier alpha value is -3.68. The number of aromatic nitrogens is 5. The van der Waals surface area contributed by atoms with E-state index < -0.39 is 0 Å². The molecule has 0 unspecified atom stereocenters. The van der Waals surface area contributed by atoms with Gasteiger partial charge in [0.05, 0.1) is 11.9 Å². The predicted molar refractivity (Wildman–Crippen MR) is 87.3 cm³/mol. The summed E-state index contributed by atoms with van der Waals surface area (Å²) in [6.45, 7) is 0. The number of amides is 1. The summed E-state index contributed by atoms with van der Waals surface area (Å²) in [5.41, 5.74) is 1.08. The Labute approximate surface area is 135 Å². The zero-order chi connectivity index (χ0) is 16.5. The summed E-state index contributed by atoms with van der Waals surface area (Å²) < 4.78 is 2.90. The van der Waals surface area contributed by atoms with Gasteiger partial charge in [-0.2, -0.15) is 9.61 Å². The molecule has 8 nitrogen and oxygen atoms in total. The smallest absolute Gasteiger partial charge is 0.275 e. The molecule has 1 aromatic carbocycles. The molecule has 0 radical (unpaired) electrons. The van der Waals surface area contributed by atoms with Gasteiger partial charge in [0.25, 0.3) is 11.5 Å². The number of nitrogens with one attached hydrogen (secondary N) is 2. The van der Waals surface area contributed by atoms with E-state index in [1.54, 1.807) is 12.1 Å². The molecule has 0 atom stereocenters. The number of H-pyrrole nitrogens is 1. The molecule has 0 aliphatic rings. The highest BCUT2D eigenvalue weighted by Gasteiger charge is 2.19. The average Bonchev–Trinajstić information content (AvgIpc) is 3.23. The first-order valence-corrected chi connectivity index (χ1v) is 7.20. The Balaban J connectivity index is 1.93. The van der Waals surface area contributed by atoms with Crippen molar-refractivity contribution in [2.75, 3.05) is 5.32 Å². The van der Waals surface area contributed by atoms with Gasteiger partial charge < -0.3 is 5.32 Å². The van der Waals surface area contributed by atoms with Gasteiger partial charge in [-0.1, -0.05) is 18.2 Å². The number of nitrogens with zero attached hydrogens (tertiary/aromatic N) is 4. The molecule has 0 aliphatic carbocycles. The number of hydrogen-bond donors (Lipinski definition) is 2. The number of aromatic amines is 1. The fourth-order valence-corrected chi connectivity index (χ4v) is 2.50. The molecule has 24 heavy (non-hydrogen) atoms. The second-order valence-corrected chi connectivity index (χ2v) is 5.05. The molecule has 3 aromatic heterocycles. The Morgan fingerprint density at radius 2 is 1.92 bits per heavy atom. The highest BCUT2D eigenvalue weighted by Crippen LogP contribution is 2.15. The first-order valence-electron chi connectivity index (χ1n) is 7.20. The molecule has 2 N–H and O–H groups in total. The monoisotopic (exact) mass is 320 g/mol. The number of rotatable bonds is 3. The van der Waals surface area contributed by atoms with Crippen LogP contribution in [-0.2, 0) is 0 Å². The number of fused-ring (bicyclic) bond motifs is 1. The molecule has 0 bridgehead atoms. The summed E-state index contributed by atoms with van der Waals surface area (Å²) in [7, 11) is 0. The van der Waals surface area contributed by atoms with Crippen molar-refractivity contribution < 1.29 is 4.79 Å². The van der Waals surface area contributed by atoms with Crippen molar-refractivity contribution in [2.45, 2.75) is 0 Å². The van der Waals surface area contributed by atoms with E-state index in [0.717, 1.165) is 0 Å². The van der Waals surface area contributed by atoms with Gasteiger partial charge in [-0.15, -0.1) is 0 Å². The molecular weight excluding hydrogens is 308 g/mol. The molecule has 0 spiro atoms. The lowest BCUT2D eigenvalue weighted by atomic mass is 10.3. The largest absolute Gasteiger partial charge is 0.306 e. The molecule has 4 rings (SSSR count). The highest BCUT2D eigenvalue weighted by molar-refractivity contribution is 6.03. The van der Waals surface area contributed by atoms with Gasteiger partial charge in [-0.05, 0) is 12.1 Å². The van der Waals surface area contributed by atoms with Crippen molar-refractivity contribution in [1.82, 2.24) is 24.4 Å². The summed E-state index contributed by atoms with van der Waals surface area (Å²) in [6, 6.07) is 13.7. The molecule has 4 aromatic rings. The van der Waals surface area contributed by atoms with E-state index in [1.165, 1.54) is 27.7 Å². The molecule has 8 heteroatoms. The predicted octanol–water partition coefficient (Wildman–Crippen LogP) is 1.46. The minimum atomic E-state index is -0.381. The first-order chi connectivity index (χ1) is 11.7. The van der Waals surface area contributed by atoms with Crippen molar-refractivity contribution in [1.29, 1.82) is 0 Å². The van der Waals surface area contributed by atoms with Crippen molar-refractivity contribution in [3.05, 3.63) is 77.0 Å². The molecular formula is C16H12N6O2. The van der Waals surface area contributed by atoms with Crippen LogP contribution in [0.5, 0.6) is 0 Å². The van der Waals surface area contributed by atoms with Crippen molar-refractivity contribution in [3.63, 3.8) is 0 Å².